The lowest BCUT2D eigenvalue weighted by atomic mass is 10.3. The van der Waals surface area contributed by atoms with Gasteiger partial charge in [0.1, 0.15) is 25.4 Å². The molecule has 2 saturated heterocycles. The summed E-state index contributed by atoms with van der Waals surface area (Å²) in [5, 5.41) is 0. The van der Waals surface area contributed by atoms with E-state index >= 15 is 0 Å². The second-order valence-electron chi connectivity index (χ2n) is 8.92. The predicted octanol–water partition coefficient (Wildman–Crippen LogP) is 2.53. The van der Waals surface area contributed by atoms with E-state index in [0.717, 1.165) is 0 Å². The van der Waals surface area contributed by atoms with Gasteiger partial charge in [-0.3, -0.25) is 0 Å². The number of hydrogen-bond acceptors (Lipinski definition) is 11. The third-order valence-corrected chi connectivity index (χ3v) is 5.02. The standard InChI is InChI=1S/C24H28N2O9/c1-23(2)31-13-15(34-23)11-29-19-9-5-7-17(25-19)21(27)33-22(28)18-8-6-10-20(26-18)30-12-16-14-32-24(3,4)35-16/h5-10,15-16H,11-14H2,1-4H3. The molecule has 0 saturated carbocycles. The molecule has 0 aromatic carbocycles. The highest BCUT2D eigenvalue weighted by molar-refractivity contribution is 6.00. The van der Waals surface area contributed by atoms with Crippen molar-refractivity contribution in [3.8, 4) is 11.8 Å². The number of esters is 2. The monoisotopic (exact) mass is 488 g/mol. The van der Waals surface area contributed by atoms with Crippen LogP contribution in [-0.4, -0.2) is 72.1 Å². The summed E-state index contributed by atoms with van der Waals surface area (Å²) in [7, 11) is 0. The largest absolute Gasteiger partial charge is 0.475 e. The first kappa shape index (κ1) is 25.0. The second kappa shape index (κ2) is 10.2. The fourth-order valence-corrected chi connectivity index (χ4v) is 3.45. The van der Waals surface area contributed by atoms with E-state index in [1.165, 1.54) is 12.1 Å². The summed E-state index contributed by atoms with van der Waals surface area (Å²) in [5.41, 5.74) is -0.179. The number of carbonyl (C=O) groups is 2. The number of nitrogens with zero attached hydrogens (tertiary/aromatic N) is 2. The van der Waals surface area contributed by atoms with Gasteiger partial charge in [-0.2, -0.15) is 0 Å². The van der Waals surface area contributed by atoms with E-state index in [1.54, 1.807) is 24.3 Å². The summed E-state index contributed by atoms with van der Waals surface area (Å²) in [6.07, 6.45) is -0.521. The van der Waals surface area contributed by atoms with E-state index < -0.39 is 23.5 Å². The molecule has 4 rings (SSSR count). The Morgan fingerprint density at radius 2 is 1.23 bits per heavy atom. The number of aromatic nitrogens is 2. The van der Waals surface area contributed by atoms with Crippen molar-refractivity contribution in [1.82, 2.24) is 9.97 Å². The van der Waals surface area contributed by atoms with Gasteiger partial charge in [-0.15, -0.1) is 0 Å². The highest BCUT2D eigenvalue weighted by Crippen LogP contribution is 2.24. The van der Waals surface area contributed by atoms with Crippen LogP contribution in [0, 0.1) is 0 Å². The maximum Gasteiger partial charge on any atom is 0.364 e. The van der Waals surface area contributed by atoms with Gasteiger partial charge in [-0.25, -0.2) is 19.6 Å². The lowest BCUT2D eigenvalue weighted by Gasteiger charge is -2.17. The van der Waals surface area contributed by atoms with Crippen LogP contribution in [0.4, 0.5) is 0 Å². The first-order chi connectivity index (χ1) is 16.6. The second-order valence-corrected chi connectivity index (χ2v) is 8.92. The van der Waals surface area contributed by atoms with Crippen LogP contribution in [-0.2, 0) is 23.7 Å². The fourth-order valence-electron chi connectivity index (χ4n) is 3.45. The van der Waals surface area contributed by atoms with Crippen LogP contribution in [0.25, 0.3) is 0 Å². The summed E-state index contributed by atoms with van der Waals surface area (Å²) in [6, 6.07) is 9.15. The van der Waals surface area contributed by atoms with E-state index in [-0.39, 0.29) is 48.6 Å². The van der Waals surface area contributed by atoms with Gasteiger partial charge in [0.15, 0.2) is 23.0 Å². The normalized spacial score (nSPS) is 22.5. The highest BCUT2D eigenvalue weighted by atomic mass is 16.8. The highest BCUT2D eigenvalue weighted by Gasteiger charge is 2.34. The molecule has 0 amide bonds. The van der Waals surface area contributed by atoms with E-state index in [1.807, 2.05) is 27.7 Å². The zero-order valence-corrected chi connectivity index (χ0v) is 20.0. The Morgan fingerprint density at radius 1 is 0.800 bits per heavy atom. The van der Waals surface area contributed by atoms with Gasteiger partial charge in [-0.1, -0.05) is 12.1 Å². The van der Waals surface area contributed by atoms with Crippen molar-refractivity contribution in [3.63, 3.8) is 0 Å². The number of pyridine rings is 2. The number of carbonyl (C=O) groups excluding carboxylic acids is 2. The molecule has 2 fully saturated rings. The Balaban J connectivity index is 1.30. The first-order valence-corrected chi connectivity index (χ1v) is 11.2. The molecule has 188 valence electrons. The number of rotatable bonds is 8. The van der Waals surface area contributed by atoms with Gasteiger partial charge in [-0.05, 0) is 39.8 Å². The summed E-state index contributed by atoms with van der Waals surface area (Å²) in [5.74, 6) is -2.83. The number of hydrogen-bond donors (Lipinski definition) is 0. The third kappa shape index (κ3) is 6.95. The Kier molecular flexibility index (Phi) is 7.31. The maximum absolute atomic E-state index is 12.5. The Bertz CT molecular complexity index is 989. The van der Waals surface area contributed by atoms with Crippen LogP contribution in [0.1, 0.15) is 48.7 Å². The molecule has 0 aliphatic carbocycles. The molecule has 11 heteroatoms. The molecule has 2 aromatic heterocycles. The zero-order valence-electron chi connectivity index (χ0n) is 20.0. The minimum absolute atomic E-state index is 0.0897. The molecule has 0 N–H and O–H groups in total. The zero-order chi connectivity index (χ0) is 25.1. The van der Waals surface area contributed by atoms with Gasteiger partial charge in [0.2, 0.25) is 11.8 Å². The van der Waals surface area contributed by atoms with Crippen molar-refractivity contribution in [2.45, 2.75) is 51.5 Å². The van der Waals surface area contributed by atoms with E-state index in [2.05, 4.69) is 9.97 Å². The average molecular weight is 488 g/mol. The topological polar surface area (TPSA) is 125 Å². The van der Waals surface area contributed by atoms with E-state index in [0.29, 0.717) is 13.2 Å². The molecule has 0 radical (unpaired) electrons. The summed E-state index contributed by atoms with van der Waals surface area (Å²) < 4.78 is 38.5. The SMILES string of the molecule is CC1(C)OCC(COc2cccc(C(=O)OC(=O)c3cccc(OCC4COC(C)(C)O4)n3)n2)O1. The minimum Gasteiger partial charge on any atom is -0.475 e. The van der Waals surface area contributed by atoms with Crippen LogP contribution in [0.15, 0.2) is 36.4 Å². The molecule has 0 bridgehead atoms. The van der Waals surface area contributed by atoms with E-state index in [9.17, 15) is 9.59 Å². The molecular formula is C24H28N2O9. The smallest absolute Gasteiger partial charge is 0.364 e. The van der Waals surface area contributed by atoms with Crippen molar-refractivity contribution < 1.29 is 42.7 Å². The first-order valence-electron chi connectivity index (χ1n) is 11.2. The summed E-state index contributed by atoms with van der Waals surface area (Å²) >= 11 is 0. The van der Waals surface area contributed by atoms with Crippen molar-refractivity contribution in [2.24, 2.45) is 0 Å². The van der Waals surface area contributed by atoms with Crippen LogP contribution in [0.2, 0.25) is 0 Å². The summed E-state index contributed by atoms with van der Waals surface area (Å²) in [4.78, 5) is 33.2. The van der Waals surface area contributed by atoms with Gasteiger partial charge in [0.05, 0.1) is 13.2 Å². The quantitative estimate of drug-likeness (QED) is 0.402. The van der Waals surface area contributed by atoms with Crippen LogP contribution in [0.3, 0.4) is 0 Å². The molecular weight excluding hydrogens is 460 g/mol. The average Bonchev–Trinajstić information content (AvgIpc) is 3.36. The molecule has 2 aliphatic heterocycles. The molecule has 2 unspecified atom stereocenters. The molecule has 35 heavy (non-hydrogen) atoms. The van der Waals surface area contributed by atoms with Crippen molar-refractivity contribution in [1.29, 1.82) is 0 Å². The van der Waals surface area contributed by atoms with Crippen molar-refractivity contribution in [2.75, 3.05) is 26.4 Å². The molecule has 2 aliphatic rings. The molecule has 4 heterocycles. The molecule has 11 nitrogen and oxygen atoms in total. The van der Waals surface area contributed by atoms with Gasteiger partial charge >= 0.3 is 11.9 Å². The van der Waals surface area contributed by atoms with Gasteiger partial charge in [0.25, 0.3) is 0 Å². The molecule has 2 atom stereocenters. The van der Waals surface area contributed by atoms with Crippen molar-refractivity contribution in [3.05, 3.63) is 47.8 Å². The van der Waals surface area contributed by atoms with Crippen LogP contribution >= 0.6 is 0 Å². The molecule has 0 spiro atoms. The predicted molar refractivity (Wildman–Crippen MR) is 119 cm³/mol. The number of ether oxygens (including phenoxy) is 7. The minimum atomic E-state index is -0.936. The molecule has 2 aromatic rings. The van der Waals surface area contributed by atoms with Gasteiger partial charge in [0, 0.05) is 12.1 Å². The lowest BCUT2D eigenvalue weighted by Crippen LogP contribution is -2.25. The Hall–Kier alpha value is -3.12. The van der Waals surface area contributed by atoms with Crippen LogP contribution in [0.5, 0.6) is 11.8 Å². The van der Waals surface area contributed by atoms with Gasteiger partial charge < -0.3 is 33.2 Å². The van der Waals surface area contributed by atoms with Crippen molar-refractivity contribution >= 4 is 11.9 Å². The van der Waals surface area contributed by atoms with E-state index in [4.69, 9.17) is 33.2 Å². The third-order valence-electron chi connectivity index (χ3n) is 5.02. The Morgan fingerprint density at radius 3 is 1.60 bits per heavy atom. The lowest BCUT2D eigenvalue weighted by molar-refractivity contribution is -0.142. The summed E-state index contributed by atoms with van der Waals surface area (Å²) in [6.45, 7) is 8.42. The Labute approximate surface area is 202 Å². The van der Waals surface area contributed by atoms with Crippen LogP contribution < -0.4 is 9.47 Å². The fraction of sp³-hybridized carbons (Fsp3) is 0.500. The maximum atomic E-state index is 12.5.